The average Bonchev–Trinajstić information content (AvgIpc) is 2.84. The van der Waals surface area contributed by atoms with Crippen molar-refractivity contribution in [2.75, 3.05) is 0 Å². The summed E-state index contributed by atoms with van der Waals surface area (Å²) < 4.78 is 5.83. The molecule has 3 rings (SSSR count). The van der Waals surface area contributed by atoms with Crippen molar-refractivity contribution in [2.24, 2.45) is 0 Å². The molecule has 3 heteroatoms. The molecule has 2 aromatic heterocycles. The molecule has 0 aliphatic heterocycles. The zero-order valence-electron chi connectivity index (χ0n) is 9.88. The van der Waals surface area contributed by atoms with E-state index in [-0.39, 0.29) is 0 Å². The number of rotatable bonds is 2. The number of aryl methyl sites for hydroxylation is 1. The second-order valence-corrected chi connectivity index (χ2v) is 4.23. The van der Waals surface area contributed by atoms with Crippen LogP contribution in [0.2, 0.25) is 0 Å². The van der Waals surface area contributed by atoms with Crippen molar-refractivity contribution >= 4 is 17.3 Å². The van der Waals surface area contributed by atoms with E-state index in [1.807, 2.05) is 31.2 Å². The minimum atomic E-state index is 0.546. The zero-order valence-corrected chi connectivity index (χ0v) is 9.88. The van der Waals surface area contributed by atoms with Crippen LogP contribution in [-0.4, -0.2) is 11.3 Å². The summed E-state index contributed by atoms with van der Waals surface area (Å²) in [6.07, 6.45) is 4.01. The molecule has 3 nitrogen and oxygen atoms in total. The van der Waals surface area contributed by atoms with Crippen molar-refractivity contribution in [3.63, 3.8) is 0 Å². The Morgan fingerprint density at radius 2 is 2.11 bits per heavy atom. The molecule has 0 saturated carbocycles. The number of nitrogens with zero attached hydrogens (tertiary/aromatic N) is 1. The minimum absolute atomic E-state index is 0.546. The fourth-order valence-corrected chi connectivity index (χ4v) is 2.01. The fourth-order valence-electron chi connectivity index (χ4n) is 2.01. The molecular weight excluding hydrogens is 226 g/mol. The van der Waals surface area contributed by atoms with Crippen LogP contribution >= 0.6 is 0 Å². The molecule has 0 bridgehead atoms. The van der Waals surface area contributed by atoms with Crippen molar-refractivity contribution in [1.29, 1.82) is 0 Å². The third-order valence-corrected chi connectivity index (χ3v) is 2.92. The summed E-state index contributed by atoms with van der Waals surface area (Å²) in [4.78, 5) is 14.8. The van der Waals surface area contributed by atoms with Crippen LogP contribution in [0.3, 0.4) is 0 Å². The SMILES string of the molecule is Cc1cccc2cc(-c3cncc(C=O)c3)oc12. The van der Waals surface area contributed by atoms with Crippen LogP contribution in [0, 0.1) is 6.92 Å². The first kappa shape index (κ1) is 10.7. The Bertz CT molecular complexity index is 728. The first-order valence-electron chi connectivity index (χ1n) is 5.68. The average molecular weight is 237 g/mol. The molecule has 2 heterocycles. The van der Waals surface area contributed by atoms with Gasteiger partial charge in [0.2, 0.25) is 0 Å². The summed E-state index contributed by atoms with van der Waals surface area (Å²) in [6.45, 7) is 2.01. The molecule has 0 aliphatic rings. The number of benzene rings is 1. The van der Waals surface area contributed by atoms with E-state index in [2.05, 4.69) is 4.98 Å². The normalized spacial score (nSPS) is 10.7. The van der Waals surface area contributed by atoms with Crippen molar-refractivity contribution in [3.8, 4) is 11.3 Å². The molecule has 0 saturated heterocycles. The maximum absolute atomic E-state index is 10.7. The number of para-hydroxylation sites is 1. The zero-order chi connectivity index (χ0) is 12.5. The van der Waals surface area contributed by atoms with E-state index in [9.17, 15) is 4.79 Å². The Morgan fingerprint density at radius 3 is 2.89 bits per heavy atom. The van der Waals surface area contributed by atoms with Gasteiger partial charge in [-0.3, -0.25) is 9.78 Å². The Balaban J connectivity index is 2.19. The van der Waals surface area contributed by atoms with Crippen molar-refractivity contribution < 1.29 is 9.21 Å². The third kappa shape index (κ3) is 1.70. The highest BCUT2D eigenvalue weighted by Gasteiger charge is 2.08. The van der Waals surface area contributed by atoms with E-state index in [0.717, 1.165) is 34.1 Å². The molecule has 3 aromatic rings. The lowest BCUT2D eigenvalue weighted by molar-refractivity contribution is 0.112. The van der Waals surface area contributed by atoms with E-state index in [1.165, 1.54) is 6.20 Å². The second-order valence-electron chi connectivity index (χ2n) is 4.23. The van der Waals surface area contributed by atoms with Gasteiger partial charge in [0.05, 0.1) is 0 Å². The molecule has 1 aromatic carbocycles. The lowest BCUT2D eigenvalue weighted by Crippen LogP contribution is -1.83. The maximum atomic E-state index is 10.7. The van der Waals surface area contributed by atoms with Gasteiger partial charge in [0.1, 0.15) is 11.3 Å². The minimum Gasteiger partial charge on any atom is -0.456 e. The van der Waals surface area contributed by atoms with Crippen LogP contribution in [0.25, 0.3) is 22.3 Å². The molecule has 0 unspecified atom stereocenters. The molecule has 0 aliphatic carbocycles. The first-order chi connectivity index (χ1) is 8.78. The van der Waals surface area contributed by atoms with Gasteiger partial charge in [0.15, 0.2) is 6.29 Å². The molecule has 0 N–H and O–H groups in total. The molecular formula is C15H11NO2. The number of aldehydes is 1. The highest BCUT2D eigenvalue weighted by atomic mass is 16.3. The van der Waals surface area contributed by atoms with Crippen LogP contribution in [0.5, 0.6) is 0 Å². The predicted octanol–water partition coefficient (Wildman–Crippen LogP) is 3.62. The summed E-state index contributed by atoms with van der Waals surface area (Å²) in [5, 5.41) is 1.06. The van der Waals surface area contributed by atoms with Gasteiger partial charge in [-0.2, -0.15) is 0 Å². The molecule has 0 spiro atoms. The van der Waals surface area contributed by atoms with E-state index < -0.39 is 0 Å². The Kier molecular flexibility index (Phi) is 2.45. The number of carbonyl (C=O) groups is 1. The van der Waals surface area contributed by atoms with E-state index in [1.54, 1.807) is 12.3 Å². The highest BCUT2D eigenvalue weighted by Crippen LogP contribution is 2.29. The van der Waals surface area contributed by atoms with Gasteiger partial charge in [-0.25, -0.2) is 0 Å². The number of hydrogen-bond acceptors (Lipinski definition) is 3. The molecule has 88 valence electrons. The Morgan fingerprint density at radius 1 is 1.22 bits per heavy atom. The van der Waals surface area contributed by atoms with Gasteiger partial charge in [0.25, 0.3) is 0 Å². The number of carbonyl (C=O) groups excluding carboxylic acids is 1. The van der Waals surface area contributed by atoms with Crippen LogP contribution in [0.4, 0.5) is 0 Å². The quantitative estimate of drug-likeness (QED) is 0.639. The van der Waals surface area contributed by atoms with Crippen molar-refractivity contribution in [1.82, 2.24) is 4.98 Å². The van der Waals surface area contributed by atoms with Crippen LogP contribution in [-0.2, 0) is 0 Å². The monoisotopic (exact) mass is 237 g/mol. The van der Waals surface area contributed by atoms with Crippen LogP contribution in [0.1, 0.15) is 15.9 Å². The number of furan rings is 1. The summed E-state index contributed by atoms with van der Waals surface area (Å²) >= 11 is 0. The largest absolute Gasteiger partial charge is 0.456 e. The van der Waals surface area contributed by atoms with Crippen LogP contribution < -0.4 is 0 Å². The van der Waals surface area contributed by atoms with Gasteiger partial charge < -0.3 is 4.42 Å². The molecule has 0 radical (unpaired) electrons. The molecule has 0 fully saturated rings. The maximum Gasteiger partial charge on any atom is 0.151 e. The van der Waals surface area contributed by atoms with Crippen molar-refractivity contribution in [2.45, 2.75) is 6.92 Å². The number of aromatic nitrogens is 1. The Hall–Kier alpha value is -2.42. The predicted molar refractivity (Wildman–Crippen MR) is 69.6 cm³/mol. The molecule has 0 amide bonds. The number of pyridine rings is 1. The standard InChI is InChI=1S/C15H11NO2/c1-10-3-2-4-12-6-14(18-15(10)12)13-5-11(9-17)7-16-8-13/h2-9H,1H3. The smallest absolute Gasteiger partial charge is 0.151 e. The van der Waals surface area contributed by atoms with E-state index in [4.69, 9.17) is 4.42 Å². The third-order valence-electron chi connectivity index (χ3n) is 2.92. The van der Waals surface area contributed by atoms with Gasteiger partial charge in [-0.1, -0.05) is 18.2 Å². The summed E-state index contributed by atoms with van der Waals surface area (Å²) in [5.41, 5.74) is 3.34. The summed E-state index contributed by atoms with van der Waals surface area (Å²) in [7, 11) is 0. The summed E-state index contributed by atoms with van der Waals surface area (Å²) in [6, 6.07) is 9.75. The molecule has 0 atom stereocenters. The van der Waals surface area contributed by atoms with E-state index >= 15 is 0 Å². The molecule has 18 heavy (non-hydrogen) atoms. The number of hydrogen-bond donors (Lipinski definition) is 0. The summed E-state index contributed by atoms with van der Waals surface area (Å²) in [5.74, 6) is 0.732. The highest BCUT2D eigenvalue weighted by molar-refractivity contribution is 5.86. The van der Waals surface area contributed by atoms with Crippen LogP contribution in [0.15, 0.2) is 47.1 Å². The topological polar surface area (TPSA) is 43.1 Å². The van der Waals surface area contributed by atoms with Gasteiger partial charge in [0, 0.05) is 28.9 Å². The lowest BCUT2D eigenvalue weighted by atomic mass is 10.1. The fraction of sp³-hybridized carbons (Fsp3) is 0.0667. The van der Waals surface area contributed by atoms with Gasteiger partial charge in [-0.05, 0) is 24.6 Å². The first-order valence-corrected chi connectivity index (χ1v) is 5.68. The van der Waals surface area contributed by atoms with E-state index in [0.29, 0.717) is 5.56 Å². The Labute approximate surface area is 104 Å². The van der Waals surface area contributed by atoms with Gasteiger partial charge >= 0.3 is 0 Å². The number of fused-ring (bicyclic) bond motifs is 1. The van der Waals surface area contributed by atoms with Gasteiger partial charge in [-0.15, -0.1) is 0 Å². The van der Waals surface area contributed by atoms with Crippen molar-refractivity contribution in [3.05, 3.63) is 53.9 Å². The second kappa shape index (κ2) is 4.11. The lowest BCUT2D eigenvalue weighted by Gasteiger charge is -1.96.